The lowest BCUT2D eigenvalue weighted by Crippen LogP contribution is -2.33. The smallest absolute Gasteiger partial charge is 0.303 e. The number of benzene rings is 1. The average Bonchev–Trinajstić information content (AvgIpc) is 3.12. The van der Waals surface area contributed by atoms with Crippen molar-refractivity contribution in [2.24, 2.45) is 0 Å². The molecule has 2 N–H and O–H groups in total. The molecule has 1 aromatic rings. The number of sulfonamides is 1. The Kier molecular flexibility index (Phi) is 7.20. The summed E-state index contributed by atoms with van der Waals surface area (Å²) < 4.78 is 33.4. The van der Waals surface area contributed by atoms with Gasteiger partial charge in [0.25, 0.3) is 5.91 Å². The number of hydrogen-bond donors (Lipinski definition) is 2. The van der Waals surface area contributed by atoms with Crippen LogP contribution in [0.15, 0.2) is 23.1 Å². The number of hydrogen-bond acceptors (Lipinski definition) is 5. The molecule has 1 aromatic carbocycles. The predicted octanol–water partition coefficient (Wildman–Crippen LogP) is 1.85. The predicted molar refractivity (Wildman–Crippen MR) is 99.4 cm³/mol. The van der Waals surface area contributed by atoms with Crippen LogP contribution in [0.25, 0.3) is 0 Å². The van der Waals surface area contributed by atoms with Crippen molar-refractivity contribution >= 4 is 21.9 Å². The van der Waals surface area contributed by atoms with Gasteiger partial charge >= 0.3 is 5.97 Å². The van der Waals surface area contributed by atoms with E-state index < -0.39 is 16.0 Å². The molecule has 1 fully saturated rings. The van der Waals surface area contributed by atoms with E-state index in [9.17, 15) is 18.0 Å². The highest BCUT2D eigenvalue weighted by atomic mass is 32.2. The van der Waals surface area contributed by atoms with Crippen molar-refractivity contribution in [1.29, 1.82) is 0 Å². The van der Waals surface area contributed by atoms with E-state index in [-0.39, 0.29) is 41.1 Å². The molecule has 0 aromatic heterocycles. The van der Waals surface area contributed by atoms with Gasteiger partial charge in [-0.15, -0.1) is 0 Å². The number of carbonyl (C=O) groups is 2. The maximum atomic E-state index is 12.8. The minimum atomic E-state index is -3.82. The van der Waals surface area contributed by atoms with Crippen LogP contribution in [-0.2, 0) is 14.8 Å². The first kappa shape index (κ1) is 21.2. The molecule has 0 aliphatic heterocycles. The number of carbonyl (C=O) groups excluding carboxylic acids is 1. The molecule has 0 heterocycles. The molecule has 9 heteroatoms. The summed E-state index contributed by atoms with van der Waals surface area (Å²) in [5.41, 5.74) is 0.209. The number of ether oxygens (including phenoxy) is 1. The summed E-state index contributed by atoms with van der Waals surface area (Å²) >= 11 is 0. The van der Waals surface area contributed by atoms with Gasteiger partial charge in [0.1, 0.15) is 10.6 Å². The Bertz CT molecular complexity index is 787. The first-order valence-electron chi connectivity index (χ1n) is 8.92. The first-order chi connectivity index (χ1) is 12.7. The average molecular weight is 398 g/mol. The second-order valence-electron chi connectivity index (χ2n) is 6.69. The fourth-order valence-electron chi connectivity index (χ4n) is 3.14. The van der Waals surface area contributed by atoms with E-state index in [0.29, 0.717) is 6.42 Å². The molecule has 1 amide bonds. The number of nitrogens with one attached hydrogen (secondary N) is 1. The van der Waals surface area contributed by atoms with Gasteiger partial charge in [-0.3, -0.25) is 9.59 Å². The minimum absolute atomic E-state index is 0.0365. The lowest BCUT2D eigenvalue weighted by atomic mass is 10.2. The van der Waals surface area contributed by atoms with Gasteiger partial charge in [-0.2, -0.15) is 0 Å². The van der Waals surface area contributed by atoms with E-state index in [2.05, 4.69) is 4.72 Å². The maximum absolute atomic E-state index is 12.8. The van der Waals surface area contributed by atoms with Gasteiger partial charge < -0.3 is 14.7 Å². The molecule has 2 rings (SSSR count). The normalized spacial score (nSPS) is 14.9. The van der Waals surface area contributed by atoms with E-state index in [0.717, 1.165) is 25.7 Å². The summed E-state index contributed by atoms with van der Waals surface area (Å²) in [4.78, 5) is 24.5. The molecule has 0 unspecified atom stereocenters. The van der Waals surface area contributed by atoms with Crippen molar-refractivity contribution in [1.82, 2.24) is 9.62 Å². The highest BCUT2D eigenvalue weighted by Gasteiger charge is 2.27. The zero-order chi connectivity index (χ0) is 20.0. The first-order valence-corrected chi connectivity index (χ1v) is 10.4. The Hall–Kier alpha value is -2.13. The monoisotopic (exact) mass is 398 g/mol. The van der Waals surface area contributed by atoms with Crippen LogP contribution in [0.5, 0.6) is 5.75 Å². The van der Waals surface area contributed by atoms with Crippen LogP contribution in [0.3, 0.4) is 0 Å². The highest BCUT2D eigenvalue weighted by Crippen LogP contribution is 2.27. The number of nitrogens with zero attached hydrogens (tertiary/aromatic N) is 1. The van der Waals surface area contributed by atoms with Crippen molar-refractivity contribution in [2.75, 3.05) is 20.7 Å². The second kappa shape index (κ2) is 9.18. The lowest BCUT2D eigenvalue weighted by Gasteiger charge is -2.19. The van der Waals surface area contributed by atoms with E-state index in [4.69, 9.17) is 9.84 Å². The molecule has 27 heavy (non-hydrogen) atoms. The molecule has 8 nitrogen and oxygen atoms in total. The van der Waals surface area contributed by atoms with Crippen LogP contribution in [0.4, 0.5) is 0 Å². The maximum Gasteiger partial charge on any atom is 0.303 e. The summed E-state index contributed by atoms with van der Waals surface area (Å²) in [6.07, 6.45) is 3.86. The van der Waals surface area contributed by atoms with E-state index >= 15 is 0 Å². The summed E-state index contributed by atoms with van der Waals surface area (Å²) in [5, 5.41) is 8.69. The van der Waals surface area contributed by atoms with Crippen molar-refractivity contribution in [3.63, 3.8) is 0 Å². The van der Waals surface area contributed by atoms with Gasteiger partial charge in [-0.25, -0.2) is 13.1 Å². The molecule has 0 spiro atoms. The van der Waals surface area contributed by atoms with Crippen LogP contribution in [0, 0.1) is 0 Å². The lowest BCUT2D eigenvalue weighted by molar-refractivity contribution is -0.137. The molecule has 0 radical (unpaired) electrons. The van der Waals surface area contributed by atoms with Gasteiger partial charge in [-0.05, 0) is 37.5 Å². The number of carboxylic acid groups (broad SMARTS) is 1. The van der Waals surface area contributed by atoms with Crippen molar-refractivity contribution in [2.45, 2.75) is 49.5 Å². The Morgan fingerprint density at radius 3 is 2.56 bits per heavy atom. The SMILES string of the molecule is COc1ccc(C(=O)N(C)CCCC(=O)O)cc1S(=O)(=O)NC1CCCC1. The third kappa shape index (κ3) is 5.67. The number of aliphatic carboxylic acids is 1. The molecular formula is C18H26N2O6S. The Morgan fingerprint density at radius 1 is 1.30 bits per heavy atom. The molecule has 0 saturated heterocycles. The van der Waals surface area contributed by atoms with Gasteiger partial charge in [0.2, 0.25) is 10.0 Å². The number of amides is 1. The van der Waals surface area contributed by atoms with Crippen LogP contribution in [0.1, 0.15) is 48.9 Å². The standard InChI is InChI=1S/C18H26N2O6S/c1-20(11-5-8-17(21)22)18(23)13-9-10-15(26-2)16(12-13)27(24,25)19-14-6-3-4-7-14/h9-10,12,14,19H,3-8,11H2,1-2H3,(H,21,22). The largest absolute Gasteiger partial charge is 0.495 e. The zero-order valence-electron chi connectivity index (χ0n) is 15.6. The quantitative estimate of drug-likeness (QED) is 0.656. The Balaban J connectivity index is 2.20. The minimum Gasteiger partial charge on any atom is -0.495 e. The Morgan fingerprint density at radius 2 is 1.96 bits per heavy atom. The van der Waals surface area contributed by atoms with Gasteiger partial charge in [0, 0.05) is 31.6 Å². The molecular weight excluding hydrogens is 372 g/mol. The summed E-state index contributed by atoms with van der Waals surface area (Å²) in [5.74, 6) is -1.13. The van der Waals surface area contributed by atoms with Crippen molar-refractivity contribution in [3.8, 4) is 5.75 Å². The number of methoxy groups -OCH3 is 1. The topological polar surface area (TPSA) is 113 Å². The van der Waals surface area contributed by atoms with E-state index in [1.807, 2.05) is 0 Å². The Labute approximate surface area is 159 Å². The molecule has 1 aliphatic carbocycles. The zero-order valence-corrected chi connectivity index (χ0v) is 16.4. The molecule has 150 valence electrons. The highest BCUT2D eigenvalue weighted by molar-refractivity contribution is 7.89. The third-order valence-corrected chi connectivity index (χ3v) is 6.15. The summed E-state index contributed by atoms with van der Waals surface area (Å²) in [7, 11) is -0.886. The van der Waals surface area contributed by atoms with Gasteiger partial charge in [0.05, 0.1) is 7.11 Å². The van der Waals surface area contributed by atoms with Crippen molar-refractivity contribution in [3.05, 3.63) is 23.8 Å². The molecule has 0 atom stereocenters. The van der Waals surface area contributed by atoms with Crippen LogP contribution < -0.4 is 9.46 Å². The third-order valence-electron chi connectivity index (χ3n) is 4.61. The fourth-order valence-corrected chi connectivity index (χ4v) is 4.64. The van der Waals surface area contributed by atoms with E-state index in [1.165, 1.54) is 30.2 Å². The second-order valence-corrected chi connectivity index (χ2v) is 8.37. The molecule has 0 bridgehead atoms. The van der Waals surface area contributed by atoms with Crippen LogP contribution in [0.2, 0.25) is 0 Å². The summed E-state index contributed by atoms with van der Waals surface area (Å²) in [6, 6.07) is 4.18. The molecule has 1 saturated carbocycles. The van der Waals surface area contributed by atoms with Crippen molar-refractivity contribution < 1.29 is 27.9 Å². The van der Waals surface area contributed by atoms with Gasteiger partial charge in [0.15, 0.2) is 0 Å². The summed E-state index contributed by atoms with van der Waals surface area (Å²) in [6.45, 7) is 0.263. The van der Waals surface area contributed by atoms with Gasteiger partial charge in [-0.1, -0.05) is 12.8 Å². The van der Waals surface area contributed by atoms with E-state index in [1.54, 1.807) is 7.05 Å². The fraction of sp³-hybridized carbons (Fsp3) is 0.556. The van der Waals surface area contributed by atoms with Crippen LogP contribution >= 0.6 is 0 Å². The number of carboxylic acids is 1. The number of rotatable bonds is 9. The molecule has 1 aliphatic rings. The van der Waals surface area contributed by atoms with Crippen LogP contribution in [-0.4, -0.2) is 57.0 Å².